The summed E-state index contributed by atoms with van der Waals surface area (Å²) in [5.41, 5.74) is 0.934. The fraction of sp³-hybridized carbons (Fsp3) is 0.250. The normalized spacial score (nSPS) is 22.6. The van der Waals surface area contributed by atoms with E-state index in [2.05, 4.69) is 0 Å². The van der Waals surface area contributed by atoms with Gasteiger partial charge in [-0.15, -0.1) is 0 Å². The van der Waals surface area contributed by atoms with E-state index in [9.17, 15) is 9.90 Å². The molecule has 5 heteroatoms. The van der Waals surface area contributed by atoms with Gasteiger partial charge in [-0.05, 0) is 24.6 Å². The number of thioether (sulfide) groups is 1. The minimum absolute atomic E-state index is 0.214. The van der Waals surface area contributed by atoms with Crippen molar-refractivity contribution in [1.82, 2.24) is 4.90 Å². The summed E-state index contributed by atoms with van der Waals surface area (Å²) < 4.78 is 5.48. The molecule has 3 rings (SSSR count). The number of ether oxygens (including phenoxy) is 1. The van der Waals surface area contributed by atoms with Gasteiger partial charge in [0.25, 0.3) is 0 Å². The van der Waals surface area contributed by atoms with Crippen molar-refractivity contribution in [2.45, 2.75) is 35.9 Å². The van der Waals surface area contributed by atoms with E-state index in [1.165, 1.54) is 0 Å². The summed E-state index contributed by atoms with van der Waals surface area (Å²) in [4.78, 5) is 15.3. The number of carbonyl (C=O) groups is 1. The second kappa shape index (κ2) is 8.23. The van der Waals surface area contributed by atoms with E-state index in [1.54, 1.807) is 22.7 Å². The SMILES string of the molecule is C[C@@H]1[C@@H](O)C=C[C@H](Sc2ccccc2)N1C(=O)OCc1ccccc1. The summed E-state index contributed by atoms with van der Waals surface area (Å²) in [5, 5.41) is 9.90. The summed E-state index contributed by atoms with van der Waals surface area (Å²) in [6.45, 7) is 2.04. The maximum absolute atomic E-state index is 12.7. The fourth-order valence-corrected chi connectivity index (χ4v) is 3.81. The molecule has 1 aliphatic rings. The highest BCUT2D eigenvalue weighted by atomic mass is 32.2. The Hall–Kier alpha value is -2.24. The van der Waals surface area contributed by atoms with Gasteiger partial charge >= 0.3 is 6.09 Å². The highest BCUT2D eigenvalue weighted by Crippen LogP contribution is 2.32. The Balaban J connectivity index is 1.72. The van der Waals surface area contributed by atoms with Crippen LogP contribution in [0.4, 0.5) is 4.79 Å². The van der Waals surface area contributed by atoms with E-state index in [1.807, 2.05) is 73.7 Å². The zero-order chi connectivity index (χ0) is 17.6. The van der Waals surface area contributed by atoms with E-state index in [0.717, 1.165) is 10.5 Å². The van der Waals surface area contributed by atoms with Gasteiger partial charge in [0.2, 0.25) is 0 Å². The van der Waals surface area contributed by atoms with Gasteiger partial charge in [0.05, 0.1) is 12.1 Å². The van der Waals surface area contributed by atoms with Gasteiger partial charge in [-0.25, -0.2) is 4.79 Å². The molecule has 0 spiro atoms. The van der Waals surface area contributed by atoms with Crippen molar-refractivity contribution in [2.75, 3.05) is 0 Å². The van der Waals surface area contributed by atoms with Crippen LogP contribution in [0, 0.1) is 0 Å². The zero-order valence-corrected chi connectivity index (χ0v) is 14.8. The molecule has 25 heavy (non-hydrogen) atoms. The summed E-state index contributed by atoms with van der Waals surface area (Å²) in [6.07, 6.45) is 2.48. The first-order chi connectivity index (χ1) is 12.1. The maximum atomic E-state index is 12.7. The first-order valence-electron chi connectivity index (χ1n) is 8.22. The second-order valence-corrected chi connectivity index (χ2v) is 7.08. The predicted molar refractivity (Wildman–Crippen MR) is 99.2 cm³/mol. The van der Waals surface area contributed by atoms with E-state index < -0.39 is 12.2 Å². The molecule has 1 amide bonds. The lowest BCUT2D eigenvalue weighted by Gasteiger charge is -2.38. The minimum atomic E-state index is -0.697. The Morgan fingerprint density at radius 3 is 2.40 bits per heavy atom. The van der Waals surface area contributed by atoms with Gasteiger partial charge in [0, 0.05) is 4.90 Å². The smallest absolute Gasteiger partial charge is 0.411 e. The number of carbonyl (C=O) groups excluding carboxylic acids is 1. The lowest BCUT2D eigenvalue weighted by atomic mass is 10.1. The van der Waals surface area contributed by atoms with Crippen molar-refractivity contribution in [2.24, 2.45) is 0 Å². The third-order valence-electron chi connectivity index (χ3n) is 4.10. The first kappa shape index (κ1) is 17.6. The Kier molecular flexibility index (Phi) is 5.79. The number of hydrogen-bond donors (Lipinski definition) is 1. The van der Waals surface area contributed by atoms with Crippen LogP contribution in [-0.2, 0) is 11.3 Å². The largest absolute Gasteiger partial charge is 0.445 e. The molecule has 2 aromatic rings. The molecule has 1 N–H and O–H groups in total. The Morgan fingerprint density at radius 1 is 1.08 bits per heavy atom. The van der Waals surface area contributed by atoms with E-state index in [4.69, 9.17) is 4.74 Å². The molecular weight excluding hydrogens is 334 g/mol. The summed E-state index contributed by atoms with van der Waals surface area (Å²) >= 11 is 1.56. The number of aliphatic hydroxyl groups is 1. The number of hydrogen-bond acceptors (Lipinski definition) is 4. The average molecular weight is 355 g/mol. The van der Waals surface area contributed by atoms with Crippen molar-refractivity contribution < 1.29 is 14.6 Å². The number of aliphatic hydroxyl groups excluding tert-OH is 1. The van der Waals surface area contributed by atoms with Crippen LogP contribution in [0.5, 0.6) is 0 Å². The zero-order valence-electron chi connectivity index (χ0n) is 14.0. The van der Waals surface area contributed by atoms with Crippen LogP contribution in [0.25, 0.3) is 0 Å². The van der Waals surface area contributed by atoms with Crippen LogP contribution in [0.15, 0.2) is 77.7 Å². The van der Waals surface area contributed by atoms with Crippen molar-refractivity contribution in [1.29, 1.82) is 0 Å². The second-order valence-electron chi connectivity index (χ2n) is 5.89. The van der Waals surface area contributed by atoms with E-state index >= 15 is 0 Å². The molecule has 0 saturated carbocycles. The van der Waals surface area contributed by atoms with Gasteiger partial charge in [0.1, 0.15) is 12.0 Å². The molecule has 0 bridgehead atoms. The van der Waals surface area contributed by atoms with Crippen LogP contribution >= 0.6 is 11.8 Å². The quantitative estimate of drug-likeness (QED) is 0.840. The van der Waals surface area contributed by atoms with Crippen molar-refractivity contribution in [3.63, 3.8) is 0 Å². The Bertz CT molecular complexity index is 720. The molecule has 0 unspecified atom stereocenters. The molecule has 130 valence electrons. The third-order valence-corrected chi connectivity index (χ3v) is 5.27. The predicted octanol–water partition coefficient (Wildman–Crippen LogP) is 4.06. The third kappa shape index (κ3) is 4.44. The molecule has 3 atom stereocenters. The molecule has 0 aliphatic carbocycles. The molecule has 0 saturated heterocycles. The number of nitrogens with zero attached hydrogens (tertiary/aromatic N) is 1. The van der Waals surface area contributed by atoms with Gasteiger partial charge < -0.3 is 9.84 Å². The lowest BCUT2D eigenvalue weighted by molar-refractivity contribution is 0.0471. The Morgan fingerprint density at radius 2 is 1.72 bits per heavy atom. The molecule has 2 aromatic carbocycles. The summed E-state index contributed by atoms with van der Waals surface area (Å²) in [6, 6.07) is 19.1. The van der Waals surface area contributed by atoms with Crippen molar-refractivity contribution in [3.8, 4) is 0 Å². The monoisotopic (exact) mass is 355 g/mol. The van der Waals surface area contributed by atoms with Crippen LogP contribution in [-0.4, -0.2) is 33.6 Å². The fourth-order valence-electron chi connectivity index (χ4n) is 2.66. The highest BCUT2D eigenvalue weighted by molar-refractivity contribution is 8.00. The maximum Gasteiger partial charge on any atom is 0.411 e. The van der Waals surface area contributed by atoms with Crippen molar-refractivity contribution in [3.05, 3.63) is 78.4 Å². The Labute approximate surface area is 152 Å². The first-order valence-corrected chi connectivity index (χ1v) is 9.10. The standard InChI is InChI=1S/C20H21NO3S/c1-15-18(22)12-13-19(25-17-10-6-3-7-11-17)21(15)20(23)24-14-16-8-4-2-5-9-16/h2-13,15,18-19,22H,14H2,1H3/t15-,18+,19+/m1/s1. The van der Waals surface area contributed by atoms with Crippen LogP contribution in [0.3, 0.4) is 0 Å². The molecule has 4 nitrogen and oxygen atoms in total. The van der Waals surface area contributed by atoms with E-state index in [-0.39, 0.29) is 18.0 Å². The summed E-state index contributed by atoms with van der Waals surface area (Å²) in [5.74, 6) is 0. The molecular formula is C20H21NO3S. The lowest BCUT2D eigenvalue weighted by Crippen LogP contribution is -2.51. The van der Waals surface area contributed by atoms with Crippen molar-refractivity contribution >= 4 is 17.9 Å². The molecule has 0 radical (unpaired) electrons. The minimum Gasteiger partial charge on any atom is -0.445 e. The molecule has 1 aliphatic heterocycles. The number of benzene rings is 2. The number of amides is 1. The van der Waals surface area contributed by atoms with Gasteiger partial charge in [-0.1, -0.05) is 72.4 Å². The van der Waals surface area contributed by atoms with Gasteiger partial charge in [0.15, 0.2) is 0 Å². The summed E-state index contributed by atoms with van der Waals surface area (Å²) in [7, 11) is 0. The topological polar surface area (TPSA) is 49.8 Å². The average Bonchev–Trinajstić information content (AvgIpc) is 2.65. The van der Waals surface area contributed by atoms with E-state index in [0.29, 0.717) is 0 Å². The van der Waals surface area contributed by atoms with Gasteiger partial charge in [-0.3, -0.25) is 4.90 Å². The molecule has 1 heterocycles. The number of rotatable bonds is 4. The van der Waals surface area contributed by atoms with Crippen LogP contribution in [0.1, 0.15) is 12.5 Å². The van der Waals surface area contributed by atoms with Crippen LogP contribution in [0.2, 0.25) is 0 Å². The highest BCUT2D eigenvalue weighted by Gasteiger charge is 2.35. The van der Waals surface area contributed by atoms with Gasteiger partial charge in [-0.2, -0.15) is 0 Å². The molecule has 0 fully saturated rings. The van der Waals surface area contributed by atoms with Crippen LogP contribution < -0.4 is 0 Å². The molecule has 0 aromatic heterocycles.